The summed E-state index contributed by atoms with van der Waals surface area (Å²) in [6.45, 7) is 3.89. The number of rotatable bonds is 9. The van der Waals surface area contributed by atoms with E-state index in [0.29, 0.717) is 44.2 Å². The van der Waals surface area contributed by atoms with Gasteiger partial charge in [-0.25, -0.2) is 0 Å². The molecule has 2 aliphatic heterocycles. The normalized spacial score (nSPS) is 24.5. The van der Waals surface area contributed by atoms with Crippen LogP contribution in [0.3, 0.4) is 0 Å². The van der Waals surface area contributed by atoms with Gasteiger partial charge in [0.2, 0.25) is 5.91 Å². The molecule has 5 nitrogen and oxygen atoms in total. The number of carbonyl (C=O) groups excluding carboxylic acids is 1. The molecule has 2 saturated heterocycles. The number of aryl methyl sites for hydroxylation is 1. The van der Waals surface area contributed by atoms with Crippen molar-refractivity contribution >= 4 is 5.91 Å². The minimum Gasteiger partial charge on any atom is -0.493 e. The van der Waals surface area contributed by atoms with Crippen LogP contribution >= 0.6 is 0 Å². The van der Waals surface area contributed by atoms with E-state index in [1.54, 1.807) is 7.11 Å². The first-order chi connectivity index (χ1) is 12.6. The number of fused-ring (bicyclic) bond motifs is 2. The molecule has 1 amide bonds. The van der Waals surface area contributed by atoms with Gasteiger partial charge < -0.3 is 20.1 Å². The maximum absolute atomic E-state index is 12.4. The van der Waals surface area contributed by atoms with E-state index in [2.05, 4.69) is 23.6 Å². The first-order valence-electron chi connectivity index (χ1n) is 9.88. The lowest BCUT2D eigenvalue weighted by molar-refractivity contribution is -0.122. The SMILES string of the molecule is COCCCOc1cc(C)ccc1CNC(=O)CC1CC2CCC(C1)N2. The van der Waals surface area contributed by atoms with Crippen LogP contribution in [0.15, 0.2) is 18.2 Å². The van der Waals surface area contributed by atoms with Crippen LogP contribution < -0.4 is 15.4 Å². The molecule has 0 radical (unpaired) electrons. The predicted molar refractivity (Wildman–Crippen MR) is 102 cm³/mol. The zero-order valence-corrected chi connectivity index (χ0v) is 16.1. The van der Waals surface area contributed by atoms with E-state index in [0.717, 1.165) is 36.1 Å². The van der Waals surface area contributed by atoms with Gasteiger partial charge >= 0.3 is 0 Å². The average molecular weight is 360 g/mol. The lowest BCUT2D eigenvalue weighted by atomic mass is 9.89. The lowest BCUT2D eigenvalue weighted by Gasteiger charge is -2.28. The predicted octanol–water partition coefficient (Wildman–Crippen LogP) is 2.95. The topological polar surface area (TPSA) is 59.6 Å². The van der Waals surface area contributed by atoms with Crippen LogP contribution in [0.2, 0.25) is 0 Å². The average Bonchev–Trinajstić information content (AvgIpc) is 2.96. The van der Waals surface area contributed by atoms with Crippen molar-refractivity contribution in [3.8, 4) is 5.75 Å². The van der Waals surface area contributed by atoms with Crippen LogP contribution in [0, 0.1) is 12.8 Å². The molecule has 2 fully saturated rings. The number of carbonyl (C=O) groups is 1. The molecule has 2 heterocycles. The molecular formula is C21H32N2O3. The van der Waals surface area contributed by atoms with Gasteiger partial charge in [0, 0.05) is 50.8 Å². The standard InChI is InChI=1S/C21H32N2O3/c1-15-4-5-17(20(10-15)26-9-3-8-25-2)14-22-21(24)13-16-11-18-6-7-19(12-16)23-18/h4-5,10,16,18-19,23H,3,6-9,11-14H2,1-2H3,(H,22,24). The highest BCUT2D eigenvalue weighted by Crippen LogP contribution is 2.32. The van der Waals surface area contributed by atoms with E-state index in [4.69, 9.17) is 9.47 Å². The van der Waals surface area contributed by atoms with Crippen molar-refractivity contribution in [2.45, 2.75) is 64.1 Å². The first kappa shape index (κ1) is 19.2. The summed E-state index contributed by atoms with van der Waals surface area (Å²) < 4.78 is 11.0. The quantitative estimate of drug-likeness (QED) is 0.665. The Bertz CT molecular complexity index is 593. The molecule has 2 atom stereocenters. The minimum atomic E-state index is 0.155. The lowest BCUT2D eigenvalue weighted by Crippen LogP contribution is -2.39. The third kappa shape index (κ3) is 5.45. The van der Waals surface area contributed by atoms with Crippen LogP contribution in [0.25, 0.3) is 0 Å². The summed E-state index contributed by atoms with van der Waals surface area (Å²) in [7, 11) is 1.70. The van der Waals surface area contributed by atoms with E-state index in [9.17, 15) is 4.79 Å². The van der Waals surface area contributed by atoms with Crippen LogP contribution in [0.1, 0.15) is 49.7 Å². The van der Waals surface area contributed by atoms with Crippen molar-refractivity contribution in [1.29, 1.82) is 0 Å². The highest BCUT2D eigenvalue weighted by Gasteiger charge is 2.34. The minimum absolute atomic E-state index is 0.155. The van der Waals surface area contributed by atoms with Gasteiger partial charge in [-0.2, -0.15) is 0 Å². The third-order valence-electron chi connectivity index (χ3n) is 5.49. The largest absolute Gasteiger partial charge is 0.493 e. The molecule has 2 unspecified atom stereocenters. The molecular weight excluding hydrogens is 328 g/mol. The summed E-state index contributed by atoms with van der Waals surface area (Å²) in [5.74, 6) is 1.54. The second kappa shape index (κ2) is 9.38. The van der Waals surface area contributed by atoms with Crippen molar-refractivity contribution in [1.82, 2.24) is 10.6 Å². The van der Waals surface area contributed by atoms with Crippen LogP contribution in [-0.2, 0) is 16.1 Å². The Hall–Kier alpha value is -1.59. The Morgan fingerprint density at radius 3 is 2.73 bits per heavy atom. The summed E-state index contributed by atoms with van der Waals surface area (Å²) in [4.78, 5) is 12.4. The van der Waals surface area contributed by atoms with E-state index in [-0.39, 0.29) is 5.91 Å². The molecule has 1 aromatic rings. The molecule has 0 spiro atoms. The molecule has 1 aromatic carbocycles. The number of amides is 1. The second-order valence-electron chi connectivity index (χ2n) is 7.76. The fourth-order valence-electron chi connectivity index (χ4n) is 4.20. The Morgan fingerprint density at radius 2 is 2.00 bits per heavy atom. The van der Waals surface area contributed by atoms with E-state index < -0.39 is 0 Å². The van der Waals surface area contributed by atoms with E-state index in [1.165, 1.54) is 12.8 Å². The van der Waals surface area contributed by atoms with Gasteiger partial charge in [0.1, 0.15) is 5.75 Å². The second-order valence-corrected chi connectivity index (χ2v) is 7.76. The zero-order valence-electron chi connectivity index (χ0n) is 16.1. The summed E-state index contributed by atoms with van der Waals surface area (Å²) in [5.41, 5.74) is 2.19. The molecule has 0 aliphatic carbocycles. The molecule has 3 rings (SSSR count). The Kier molecular flexibility index (Phi) is 6.92. The number of hydrogen-bond acceptors (Lipinski definition) is 4. The molecule has 2 aliphatic rings. The highest BCUT2D eigenvalue weighted by atomic mass is 16.5. The van der Waals surface area contributed by atoms with Crippen molar-refractivity contribution in [3.63, 3.8) is 0 Å². The van der Waals surface area contributed by atoms with Gasteiger partial charge in [-0.15, -0.1) is 0 Å². The van der Waals surface area contributed by atoms with Crippen molar-refractivity contribution in [3.05, 3.63) is 29.3 Å². The Balaban J connectivity index is 1.47. The van der Waals surface area contributed by atoms with E-state index in [1.807, 2.05) is 12.1 Å². The summed E-state index contributed by atoms with van der Waals surface area (Å²) in [6, 6.07) is 7.42. The molecule has 0 aromatic heterocycles. The fourth-order valence-corrected chi connectivity index (χ4v) is 4.20. The maximum atomic E-state index is 12.4. The van der Waals surface area contributed by atoms with Gasteiger partial charge in [0.25, 0.3) is 0 Å². The fraction of sp³-hybridized carbons (Fsp3) is 0.667. The van der Waals surface area contributed by atoms with Gasteiger partial charge in [-0.05, 0) is 50.2 Å². The molecule has 144 valence electrons. The third-order valence-corrected chi connectivity index (χ3v) is 5.49. The number of methoxy groups -OCH3 is 1. The smallest absolute Gasteiger partial charge is 0.220 e. The highest BCUT2D eigenvalue weighted by molar-refractivity contribution is 5.76. The van der Waals surface area contributed by atoms with Crippen LogP contribution in [-0.4, -0.2) is 38.3 Å². The molecule has 0 saturated carbocycles. The Labute approximate surface area is 156 Å². The summed E-state index contributed by atoms with van der Waals surface area (Å²) >= 11 is 0. The van der Waals surface area contributed by atoms with Gasteiger partial charge in [0.05, 0.1) is 6.61 Å². The number of nitrogens with one attached hydrogen (secondary N) is 2. The van der Waals surface area contributed by atoms with E-state index >= 15 is 0 Å². The molecule has 2 bridgehead atoms. The summed E-state index contributed by atoms with van der Waals surface area (Å²) in [6.07, 6.45) is 6.33. The van der Waals surface area contributed by atoms with Crippen molar-refractivity contribution < 1.29 is 14.3 Å². The van der Waals surface area contributed by atoms with Crippen LogP contribution in [0.4, 0.5) is 0 Å². The van der Waals surface area contributed by atoms with Gasteiger partial charge in [0.15, 0.2) is 0 Å². The van der Waals surface area contributed by atoms with Gasteiger partial charge in [-0.1, -0.05) is 12.1 Å². The number of hydrogen-bond donors (Lipinski definition) is 2. The molecule has 5 heteroatoms. The molecule has 26 heavy (non-hydrogen) atoms. The first-order valence-corrected chi connectivity index (χ1v) is 9.88. The van der Waals surface area contributed by atoms with Gasteiger partial charge in [-0.3, -0.25) is 4.79 Å². The number of piperidine rings is 1. The number of benzene rings is 1. The monoisotopic (exact) mass is 360 g/mol. The van der Waals surface area contributed by atoms with Crippen molar-refractivity contribution in [2.75, 3.05) is 20.3 Å². The summed E-state index contributed by atoms with van der Waals surface area (Å²) in [5, 5.41) is 6.73. The number of ether oxygens (including phenoxy) is 2. The maximum Gasteiger partial charge on any atom is 0.220 e. The molecule has 2 N–H and O–H groups in total. The van der Waals surface area contributed by atoms with Crippen LogP contribution in [0.5, 0.6) is 5.75 Å². The zero-order chi connectivity index (χ0) is 18.4. The Morgan fingerprint density at radius 1 is 1.23 bits per heavy atom. The van der Waals surface area contributed by atoms with Crippen molar-refractivity contribution in [2.24, 2.45) is 5.92 Å².